The first-order chi connectivity index (χ1) is 9.53. The Balaban J connectivity index is 2.06. The van der Waals surface area contributed by atoms with E-state index in [2.05, 4.69) is 37.1 Å². The minimum absolute atomic E-state index is 0.112. The Kier molecular flexibility index (Phi) is 4.37. The lowest BCUT2D eigenvalue weighted by atomic mass is 9.84. The van der Waals surface area contributed by atoms with Gasteiger partial charge in [0.05, 0.1) is 6.54 Å². The van der Waals surface area contributed by atoms with Gasteiger partial charge in [0.2, 0.25) is 6.79 Å². The Hall–Kier alpha value is -1.91. The van der Waals surface area contributed by atoms with Crippen LogP contribution >= 0.6 is 0 Å². The van der Waals surface area contributed by atoms with Crippen molar-refractivity contribution in [3.05, 3.63) is 23.8 Å². The van der Waals surface area contributed by atoms with E-state index in [0.717, 1.165) is 30.0 Å². The Morgan fingerprint density at radius 2 is 2.10 bits per heavy atom. The van der Waals surface area contributed by atoms with Crippen molar-refractivity contribution in [1.29, 1.82) is 0 Å². The second-order valence-corrected chi connectivity index (χ2v) is 5.58. The average molecular weight is 277 g/mol. The van der Waals surface area contributed by atoms with Gasteiger partial charge in [0, 0.05) is 12.0 Å². The minimum atomic E-state index is -0.112. The molecule has 0 spiro atoms. The lowest BCUT2D eigenvalue weighted by Gasteiger charge is -2.23. The summed E-state index contributed by atoms with van der Waals surface area (Å²) < 4.78 is 10.7. The fourth-order valence-corrected chi connectivity index (χ4v) is 2.00. The normalized spacial score (nSPS) is 14.4. The quantitative estimate of drug-likeness (QED) is 0.638. The van der Waals surface area contributed by atoms with Gasteiger partial charge in [0.1, 0.15) is 0 Å². The van der Waals surface area contributed by atoms with Crippen molar-refractivity contribution in [2.75, 3.05) is 19.9 Å². The van der Waals surface area contributed by atoms with Crippen LogP contribution in [0.4, 0.5) is 0 Å². The fourth-order valence-electron chi connectivity index (χ4n) is 2.00. The van der Waals surface area contributed by atoms with Crippen LogP contribution in [0.3, 0.4) is 0 Å². The van der Waals surface area contributed by atoms with Crippen molar-refractivity contribution in [3.8, 4) is 11.5 Å². The molecule has 0 aliphatic carbocycles. The molecule has 1 aromatic rings. The van der Waals surface area contributed by atoms with E-state index in [-0.39, 0.29) is 5.41 Å². The highest BCUT2D eigenvalue weighted by atomic mass is 16.7. The van der Waals surface area contributed by atoms with Gasteiger partial charge in [-0.3, -0.25) is 4.99 Å². The zero-order chi connectivity index (χ0) is 14.6. The molecular weight excluding hydrogens is 254 g/mol. The van der Waals surface area contributed by atoms with Crippen molar-refractivity contribution in [1.82, 2.24) is 5.32 Å². The summed E-state index contributed by atoms with van der Waals surface area (Å²) in [6, 6.07) is 6.02. The molecule has 0 aromatic heterocycles. The molecule has 1 aromatic carbocycles. The van der Waals surface area contributed by atoms with E-state index >= 15 is 0 Å². The number of rotatable bonds is 5. The summed E-state index contributed by atoms with van der Waals surface area (Å²) in [5.74, 6) is 2.11. The second-order valence-electron chi connectivity index (χ2n) is 5.58. The van der Waals surface area contributed by atoms with Gasteiger partial charge < -0.3 is 20.5 Å². The number of nitrogens with two attached hydrogens (primary N) is 1. The second kappa shape index (κ2) is 6.03. The Labute approximate surface area is 120 Å². The first-order valence-corrected chi connectivity index (χ1v) is 6.97. The van der Waals surface area contributed by atoms with Crippen LogP contribution in [0.15, 0.2) is 23.2 Å². The van der Waals surface area contributed by atoms with Gasteiger partial charge in [-0.25, -0.2) is 0 Å². The minimum Gasteiger partial charge on any atom is -0.454 e. The molecule has 0 amide bonds. The maximum absolute atomic E-state index is 5.83. The molecule has 20 heavy (non-hydrogen) atoms. The molecule has 1 aliphatic rings. The summed E-state index contributed by atoms with van der Waals surface area (Å²) in [5.41, 5.74) is 6.88. The van der Waals surface area contributed by atoms with E-state index in [0.29, 0.717) is 19.3 Å². The Bertz CT molecular complexity index is 498. The maximum atomic E-state index is 5.83. The molecule has 1 heterocycles. The molecule has 0 radical (unpaired) electrons. The highest BCUT2D eigenvalue weighted by Gasteiger charge is 2.23. The third kappa shape index (κ3) is 3.35. The molecule has 2 rings (SSSR count). The number of benzene rings is 1. The first-order valence-electron chi connectivity index (χ1n) is 6.97. The van der Waals surface area contributed by atoms with Crippen molar-refractivity contribution >= 4 is 5.96 Å². The number of hydrogen-bond donors (Lipinski definition) is 2. The monoisotopic (exact) mass is 277 g/mol. The lowest BCUT2D eigenvalue weighted by Crippen LogP contribution is -2.34. The average Bonchev–Trinajstić information content (AvgIpc) is 2.90. The largest absolute Gasteiger partial charge is 0.454 e. The van der Waals surface area contributed by atoms with Crippen molar-refractivity contribution in [2.24, 2.45) is 10.7 Å². The smallest absolute Gasteiger partial charge is 0.231 e. The zero-order valence-corrected chi connectivity index (χ0v) is 12.4. The topological polar surface area (TPSA) is 68.9 Å². The molecule has 3 N–H and O–H groups in total. The van der Waals surface area contributed by atoms with Crippen LogP contribution in [0.1, 0.15) is 32.8 Å². The van der Waals surface area contributed by atoms with E-state index < -0.39 is 0 Å². The first kappa shape index (κ1) is 14.5. The molecular formula is C15H23N3O2. The summed E-state index contributed by atoms with van der Waals surface area (Å²) in [7, 11) is 0. The predicted octanol–water partition coefficient (Wildman–Crippen LogP) is 2.01. The summed E-state index contributed by atoms with van der Waals surface area (Å²) in [5, 5.41) is 3.08. The third-order valence-corrected chi connectivity index (χ3v) is 3.35. The fraction of sp³-hybridized carbons (Fsp3) is 0.533. The lowest BCUT2D eigenvalue weighted by molar-refractivity contribution is 0.174. The van der Waals surface area contributed by atoms with Crippen molar-refractivity contribution in [2.45, 2.75) is 32.6 Å². The van der Waals surface area contributed by atoms with E-state index in [1.807, 2.05) is 12.1 Å². The highest BCUT2D eigenvalue weighted by molar-refractivity contribution is 5.77. The highest BCUT2D eigenvalue weighted by Crippen LogP contribution is 2.36. The van der Waals surface area contributed by atoms with Crippen LogP contribution in [0.5, 0.6) is 11.5 Å². The van der Waals surface area contributed by atoms with Crippen LogP contribution < -0.4 is 20.5 Å². The maximum Gasteiger partial charge on any atom is 0.231 e. The predicted molar refractivity (Wildman–Crippen MR) is 80.4 cm³/mol. The molecule has 1 aliphatic heterocycles. The summed E-state index contributed by atoms with van der Waals surface area (Å²) in [6.07, 6.45) is 1.03. The van der Waals surface area contributed by atoms with Crippen LogP contribution in [0.2, 0.25) is 0 Å². The van der Waals surface area contributed by atoms with Gasteiger partial charge in [-0.2, -0.15) is 0 Å². The number of aliphatic imine (C=N–C) groups is 1. The van der Waals surface area contributed by atoms with Gasteiger partial charge in [-0.05, 0) is 24.1 Å². The van der Waals surface area contributed by atoms with Gasteiger partial charge in [0.25, 0.3) is 0 Å². The standard InChI is InChI=1S/C15H23N3O2/c1-4-7-17-14(16)18-9-15(2,3)11-5-6-12-13(8-11)20-10-19-12/h5-6,8H,4,7,9-10H2,1-3H3,(H3,16,17,18). The molecule has 5 heteroatoms. The van der Waals surface area contributed by atoms with Gasteiger partial charge >= 0.3 is 0 Å². The van der Waals surface area contributed by atoms with Crippen molar-refractivity contribution < 1.29 is 9.47 Å². The SMILES string of the molecule is CCCNC(N)=NCC(C)(C)c1ccc2c(c1)OCO2. The van der Waals surface area contributed by atoms with Crippen LogP contribution in [0, 0.1) is 0 Å². The molecule has 0 bridgehead atoms. The van der Waals surface area contributed by atoms with Gasteiger partial charge in [-0.1, -0.05) is 26.8 Å². The molecule has 0 fully saturated rings. The molecule has 0 saturated carbocycles. The van der Waals surface area contributed by atoms with E-state index in [9.17, 15) is 0 Å². The number of ether oxygens (including phenoxy) is 2. The molecule has 0 atom stereocenters. The summed E-state index contributed by atoms with van der Waals surface area (Å²) >= 11 is 0. The van der Waals surface area contributed by atoms with E-state index in [1.54, 1.807) is 0 Å². The number of hydrogen-bond acceptors (Lipinski definition) is 3. The molecule has 0 saturated heterocycles. The summed E-state index contributed by atoms with van der Waals surface area (Å²) in [4.78, 5) is 4.41. The number of nitrogens with zero attached hydrogens (tertiary/aromatic N) is 1. The number of guanidine groups is 1. The van der Waals surface area contributed by atoms with Crippen LogP contribution in [0.25, 0.3) is 0 Å². The molecule has 5 nitrogen and oxygen atoms in total. The Morgan fingerprint density at radius 3 is 2.85 bits per heavy atom. The van der Waals surface area contributed by atoms with Crippen LogP contribution in [-0.2, 0) is 5.41 Å². The van der Waals surface area contributed by atoms with E-state index in [1.165, 1.54) is 0 Å². The van der Waals surface area contributed by atoms with E-state index in [4.69, 9.17) is 15.2 Å². The zero-order valence-electron chi connectivity index (χ0n) is 12.4. The summed E-state index contributed by atoms with van der Waals surface area (Å²) in [6.45, 7) is 8.14. The molecule has 110 valence electrons. The third-order valence-electron chi connectivity index (χ3n) is 3.35. The number of nitrogens with one attached hydrogen (secondary N) is 1. The molecule has 0 unspecified atom stereocenters. The van der Waals surface area contributed by atoms with Gasteiger partial charge in [-0.15, -0.1) is 0 Å². The van der Waals surface area contributed by atoms with Crippen LogP contribution in [-0.4, -0.2) is 25.8 Å². The Morgan fingerprint density at radius 1 is 1.35 bits per heavy atom. The van der Waals surface area contributed by atoms with Gasteiger partial charge in [0.15, 0.2) is 17.5 Å². The van der Waals surface area contributed by atoms with Crippen molar-refractivity contribution in [3.63, 3.8) is 0 Å². The number of fused-ring (bicyclic) bond motifs is 1.